The first kappa shape index (κ1) is 16.3. The number of hydrogen-bond acceptors (Lipinski definition) is 3. The average Bonchev–Trinajstić information content (AvgIpc) is 2.50. The quantitative estimate of drug-likeness (QED) is 0.899. The van der Waals surface area contributed by atoms with Crippen molar-refractivity contribution in [3.05, 3.63) is 29.8 Å². The molecule has 1 aliphatic heterocycles. The fraction of sp³-hybridized carbons (Fsp3) is 0.529. The monoisotopic (exact) mass is 304 g/mol. The molecule has 0 saturated carbocycles. The molecular formula is C17H24N2O3. The zero-order valence-electron chi connectivity index (χ0n) is 13.5. The molecule has 2 atom stereocenters. The summed E-state index contributed by atoms with van der Waals surface area (Å²) in [5, 5.41) is 3.02. The lowest BCUT2D eigenvalue weighted by molar-refractivity contribution is -0.139. The fourth-order valence-corrected chi connectivity index (χ4v) is 2.78. The maximum Gasteiger partial charge on any atom is 0.223 e. The molecule has 22 heavy (non-hydrogen) atoms. The molecule has 1 aromatic rings. The first-order chi connectivity index (χ1) is 10.5. The second kappa shape index (κ2) is 7.29. The normalized spacial score (nSPS) is 19.7. The second-order valence-corrected chi connectivity index (χ2v) is 5.93. The van der Waals surface area contributed by atoms with E-state index < -0.39 is 0 Å². The Kier molecular flexibility index (Phi) is 5.41. The number of rotatable bonds is 5. The van der Waals surface area contributed by atoms with Gasteiger partial charge in [0.15, 0.2) is 0 Å². The largest absolute Gasteiger partial charge is 0.496 e. The van der Waals surface area contributed by atoms with E-state index in [1.165, 1.54) is 0 Å². The molecule has 2 amide bonds. The Bertz CT molecular complexity index is 544. The molecule has 0 aliphatic carbocycles. The molecule has 0 spiro atoms. The number of piperidine rings is 1. The van der Waals surface area contributed by atoms with E-state index >= 15 is 0 Å². The van der Waals surface area contributed by atoms with Gasteiger partial charge in [0.1, 0.15) is 5.75 Å². The van der Waals surface area contributed by atoms with Crippen LogP contribution in [0.4, 0.5) is 0 Å². The molecule has 5 nitrogen and oxygen atoms in total. The van der Waals surface area contributed by atoms with Crippen LogP contribution < -0.4 is 10.1 Å². The Hall–Kier alpha value is -2.04. The Labute approximate surface area is 131 Å². The van der Waals surface area contributed by atoms with E-state index in [4.69, 9.17) is 4.74 Å². The minimum absolute atomic E-state index is 0.00134. The van der Waals surface area contributed by atoms with Gasteiger partial charge in [0.25, 0.3) is 0 Å². The summed E-state index contributed by atoms with van der Waals surface area (Å²) >= 11 is 0. The van der Waals surface area contributed by atoms with Crippen molar-refractivity contribution in [2.24, 2.45) is 5.92 Å². The molecule has 5 heteroatoms. The summed E-state index contributed by atoms with van der Waals surface area (Å²) in [6.07, 6.45) is 1.75. The fourth-order valence-electron chi connectivity index (χ4n) is 2.78. The Balaban J connectivity index is 1.90. The van der Waals surface area contributed by atoms with E-state index in [-0.39, 0.29) is 23.8 Å². The number of carbonyl (C=O) groups is 2. The van der Waals surface area contributed by atoms with Crippen LogP contribution in [0.3, 0.4) is 0 Å². The van der Waals surface area contributed by atoms with Crippen molar-refractivity contribution in [2.75, 3.05) is 20.7 Å². The summed E-state index contributed by atoms with van der Waals surface area (Å²) in [5.41, 5.74) is 1.07. The minimum atomic E-state index is -0.205. The summed E-state index contributed by atoms with van der Waals surface area (Å²) in [4.78, 5) is 25.7. The number of carbonyl (C=O) groups excluding carboxylic acids is 2. The van der Waals surface area contributed by atoms with Crippen LogP contribution >= 0.6 is 0 Å². The van der Waals surface area contributed by atoms with Gasteiger partial charge in [-0.3, -0.25) is 9.59 Å². The number of ether oxygens (including phenoxy) is 1. The molecular weight excluding hydrogens is 280 g/mol. The molecule has 1 aliphatic rings. The van der Waals surface area contributed by atoms with Gasteiger partial charge in [0.05, 0.1) is 7.11 Å². The van der Waals surface area contributed by atoms with Crippen molar-refractivity contribution in [1.82, 2.24) is 10.2 Å². The van der Waals surface area contributed by atoms with Crippen LogP contribution in [0.2, 0.25) is 0 Å². The molecule has 1 fully saturated rings. The van der Waals surface area contributed by atoms with Crippen molar-refractivity contribution >= 4 is 11.8 Å². The number of methoxy groups -OCH3 is 1. The lowest BCUT2D eigenvalue weighted by Crippen LogP contribution is -2.44. The first-order valence-corrected chi connectivity index (χ1v) is 7.67. The van der Waals surface area contributed by atoms with Gasteiger partial charge in [-0.05, 0) is 31.4 Å². The van der Waals surface area contributed by atoms with E-state index in [1.54, 1.807) is 19.1 Å². The molecule has 0 unspecified atom stereocenters. The minimum Gasteiger partial charge on any atom is -0.496 e. The van der Waals surface area contributed by atoms with Gasteiger partial charge in [-0.25, -0.2) is 0 Å². The topological polar surface area (TPSA) is 58.6 Å². The highest BCUT2D eigenvalue weighted by Crippen LogP contribution is 2.20. The van der Waals surface area contributed by atoms with Crippen molar-refractivity contribution in [2.45, 2.75) is 32.2 Å². The lowest BCUT2D eigenvalue weighted by atomic mass is 9.95. The smallest absolute Gasteiger partial charge is 0.223 e. The highest BCUT2D eigenvalue weighted by molar-refractivity contribution is 5.86. The first-order valence-electron chi connectivity index (χ1n) is 7.67. The highest BCUT2D eigenvalue weighted by Gasteiger charge is 2.29. The Morgan fingerprint density at radius 2 is 2.18 bits per heavy atom. The van der Waals surface area contributed by atoms with Crippen LogP contribution in [0.15, 0.2) is 24.3 Å². The van der Waals surface area contributed by atoms with E-state index in [0.29, 0.717) is 19.4 Å². The SMILES string of the molecule is COc1ccccc1C[C@H](C)NC(=O)[C@@H]1CCN(C)C(=O)C1. The molecule has 1 aromatic carbocycles. The van der Waals surface area contributed by atoms with Gasteiger partial charge in [0, 0.05) is 32.0 Å². The Morgan fingerprint density at radius 3 is 2.86 bits per heavy atom. The van der Waals surface area contributed by atoms with Gasteiger partial charge < -0.3 is 15.0 Å². The van der Waals surface area contributed by atoms with Crippen LogP contribution in [-0.4, -0.2) is 43.5 Å². The van der Waals surface area contributed by atoms with Gasteiger partial charge in [-0.15, -0.1) is 0 Å². The molecule has 1 N–H and O–H groups in total. The highest BCUT2D eigenvalue weighted by atomic mass is 16.5. The summed E-state index contributed by atoms with van der Waals surface area (Å²) < 4.78 is 5.33. The molecule has 120 valence electrons. The van der Waals surface area contributed by atoms with E-state index in [0.717, 1.165) is 17.7 Å². The predicted molar refractivity (Wildman–Crippen MR) is 84.7 cm³/mol. The van der Waals surface area contributed by atoms with Crippen molar-refractivity contribution in [1.29, 1.82) is 0 Å². The van der Waals surface area contributed by atoms with Crippen molar-refractivity contribution < 1.29 is 14.3 Å². The summed E-state index contributed by atoms with van der Waals surface area (Å²) in [7, 11) is 3.42. The average molecular weight is 304 g/mol. The van der Waals surface area contributed by atoms with Crippen LogP contribution in [0, 0.1) is 5.92 Å². The van der Waals surface area contributed by atoms with Crippen molar-refractivity contribution in [3.8, 4) is 5.75 Å². The van der Waals surface area contributed by atoms with Gasteiger partial charge in [0.2, 0.25) is 11.8 Å². The second-order valence-electron chi connectivity index (χ2n) is 5.93. The van der Waals surface area contributed by atoms with Crippen LogP contribution in [0.25, 0.3) is 0 Å². The molecule has 0 bridgehead atoms. The number of likely N-dealkylation sites (tertiary alicyclic amines) is 1. The number of amides is 2. The van der Waals surface area contributed by atoms with E-state index in [9.17, 15) is 9.59 Å². The number of benzene rings is 1. The van der Waals surface area contributed by atoms with E-state index in [2.05, 4.69) is 5.32 Å². The zero-order chi connectivity index (χ0) is 16.1. The maximum absolute atomic E-state index is 12.3. The van der Waals surface area contributed by atoms with Gasteiger partial charge in [-0.1, -0.05) is 18.2 Å². The zero-order valence-corrected chi connectivity index (χ0v) is 13.5. The number of para-hydroxylation sites is 1. The standard InChI is InChI=1S/C17H24N2O3/c1-12(10-13-6-4-5-7-15(13)22-3)18-17(21)14-8-9-19(2)16(20)11-14/h4-7,12,14H,8-11H2,1-3H3,(H,18,21)/t12-,14+/m0/s1. The van der Waals surface area contributed by atoms with Crippen LogP contribution in [0.5, 0.6) is 5.75 Å². The molecule has 1 heterocycles. The number of nitrogens with one attached hydrogen (secondary N) is 1. The molecule has 1 saturated heterocycles. The third kappa shape index (κ3) is 4.00. The van der Waals surface area contributed by atoms with Crippen molar-refractivity contribution in [3.63, 3.8) is 0 Å². The van der Waals surface area contributed by atoms with E-state index in [1.807, 2.05) is 31.2 Å². The third-order valence-corrected chi connectivity index (χ3v) is 4.14. The lowest BCUT2D eigenvalue weighted by Gasteiger charge is -2.29. The Morgan fingerprint density at radius 1 is 1.45 bits per heavy atom. The van der Waals surface area contributed by atoms with Gasteiger partial charge in [-0.2, -0.15) is 0 Å². The number of hydrogen-bond donors (Lipinski definition) is 1. The molecule has 0 radical (unpaired) electrons. The molecule has 0 aromatic heterocycles. The summed E-state index contributed by atoms with van der Waals surface area (Å²) in [6.45, 7) is 2.62. The summed E-state index contributed by atoms with van der Waals surface area (Å²) in [5.74, 6) is 0.648. The number of nitrogens with zero attached hydrogens (tertiary/aromatic N) is 1. The predicted octanol–water partition coefficient (Wildman–Crippen LogP) is 1.61. The summed E-state index contributed by atoms with van der Waals surface area (Å²) in [6, 6.07) is 7.80. The van der Waals surface area contributed by atoms with Gasteiger partial charge >= 0.3 is 0 Å². The maximum atomic E-state index is 12.3. The van der Waals surface area contributed by atoms with Crippen LogP contribution in [0.1, 0.15) is 25.3 Å². The molecule has 2 rings (SSSR count). The van der Waals surface area contributed by atoms with Crippen LogP contribution in [-0.2, 0) is 16.0 Å². The third-order valence-electron chi connectivity index (χ3n) is 4.14.